The van der Waals surface area contributed by atoms with Crippen LogP contribution in [0, 0.1) is 13.8 Å². The maximum absolute atomic E-state index is 4.62. The monoisotopic (exact) mass is 351 g/mol. The first-order valence-electron chi connectivity index (χ1n) is 9.02. The second kappa shape index (κ2) is 7.42. The Balaban J connectivity index is 1.87. The molecule has 0 atom stereocenters. The predicted molar refractivity (Wildman–Crippen MR) is 112 cm³/mol. The van der Waals surface area contributed by atoms with Crippen molar-refractivity contribution in [2.45, 2.75) is 13.8 Å². The molecule has 1 N–H and O–H groups in total. The number of hydrogen-bond acceptors (Lipinski definition) is 3. The maximum atomic E-state index is 4.62. The molecule has 0 aliphatic heterocycles. The van der Waals surface area contributed by atoms with Gasteiger partial charge in [-0.25, -0.2) is 9.97 Å². The summed E-state index contributed by atoms with van der Waals surface area (Å²) in [6, 6.07) is 27.0. The summed E-state index contributed by atoms with van der Waals surface area (Å²) in [7, 11) is 0. The zero-order chi connectivity index (χ0) is 18.6. The molecule has 0 fully saturated rings. The molecule has 3 aromatic carbocycles. The first-order chi connectivity index (χ1) is 13.2. The third kappa shape index (κ3) is 3.72. The highest BCUT2D eigenvalue weighted by molar-refractivity contribution is 5.89. The Kier molecular flexibility index (Phi) is 4.67. The quantitative estimate of drug-likeness (QED) is 0.478. The van der Waals surface area contributed by atoms with Crippen molar-refractivity contribution in [3.8, 4) is 22.4 Å². The summed E-state index contributed by atoms with van der Waals surface area (Å²) in [5.74, 6) is 0.802. The van der Waals surface area contributed by atoms with Gasteiger partial charge in [0.25, 0.3) is 0 Å². The van der Waals surface area contributed by atoms with E-state index in [-0.39, 0.29) is 0 Å². The molecule has 3 heteroatoms. The molecule has 0 amide bonds. The van der Waals surface area contributed by atoms with Crippen LogP contribution < -0.4 is 5.32 Å². The summed E-state index contributed by atoms with van der Waals surface area (Å²) in [6.45, 7) is 4.17. The van der Waals surface area contributed by atoms with Gasteiger partial charge in [-0.3, -0.25) is 0 Å². The molecule has 3 nitrogen and oxygen atoms in total. The van der Waals surface area contributed by atoms with Crippen molar-refractivity contribution in [2.75, 3.05) is 5.32 Å². The van der Waals surface area contributed by atoms with Crippen LogP contribution in [0.25, 0.3) is 22.4 Å². The number of rotatable bonds is 4. The number of hydrogen-bond donors (Lipinski definition) is 1. The lowest BCUT2D eigenvalue weighted by Gasteiger charge is -2.15. The maximum Gasteiger partial charge on any atom is 0.142 e. The Morgan fingerprint density at radius 1 is 0.630 bits per heavy atom. The molecule has 0 radical (unpaired) electrons. The third-order valence-corrected chi connectivity index (χ3v) is 4.55. The molecule has 1 heterocycles. The van der Waals surface area contributed by atoms with Gasteiger partial charge in [0.2, 0.25) is 0 Å². The summed E-state index contributed by atoms with van der Waals surface area (Å²) in [5, 5.41) is 3.47. The number of nitrogens with one attached hydrogen (secondary N) is 1. The normalized spacial score (nSPS) is 10.6. The zero-order valence-electron chi connectivity index (χ0n) is 15.5. The second-order valence-electron chi connectivity index (χ2n) is 6.67. The van der Waals surface area contributed by atoms with Gasteiger partial charge in [0.1, 0.15) is 12.1 Å². The highest BCUT2D eigenvalue weighted by Gasteiger charge is 2.15. The minimum Gasteiger partial charge on any atom is -0.340 e. The molecule has 0 unspecified atom stereocenters. The Bertz CT molecular complexity index is 1040. The van der Waals surface area contributed by atoms with Crippen LogP contribution in [0.3, 0.4) is 0 Å². The minimum absolute atomic E-state index is 0.802. The second-order valence-corrected chi connectivity index (χ2v) is 6.67. The van der Waals surface area contributed by atoms with Gasteiger partial charge >= 0.3 is 0 Å². The van der Waals surface area contributed by atoms with Gasteiger partial charge in [-0.15, -0.1) is 0 Å². The fourth-order valence-corrected chi connectivity index (χ4v) is 3.06. The van der Waals surface area contributed by atoms with Crippen molar-refractivity contribution in [3.05, 3.63) is 96.3 Å². The molecule has 0 saturated heterocycles. The van der Waals surface area contributed by atoms with Crippen LogP contribution >= 0.6 is 0 Å². The first kappa shape index (κ1) is 17.0. The summed E-state index contributed by atoms with van der Waals surface area (Å²) in [5.41, 5.74) is 7.55. The van der Waals surface area contributed by atoms with Gasteiger partial charge in [-0.05, 0) is 31.5 Å². The molecule has 0 bridgehead atoms. The molecule has 4 aromatic rings. The summed E-state index contributed by atoms with van der Waals surface area (Å²) in [4.78, 5) is 9.17. The Labute approximate surface area is 159 Å². The van der Waals surface area contributed by atoms with Crippen LogP contribution in [0.5, 0.6) is 0 Å². The molecule has 1 aromatic heterocycles. The van der Waals surface area contributed by atoms with E-state index >= 15 is 0 Å². The van der Waals surface area contributed by atoms with Crippen molar-refractivity contribution < 1.29 is 0 Å². The van der Waals surface area contributed by atoms with Crippen molar-refractivity contribution in [3.63, 3.8) is 0 Å². The average Bonchev–Trinajstić information content (AvgIpc) is 2.71. The number of benzene rings is 3. The van der Waals surface area contributed by atoms with Crippen LogP contribution in [-0.4, -0.2) is 9.97 Å². The van der Waals surface area contributed by atoms with E-state index < -0.39 is 0 Å². The van der Waals surface area contributed by atoms with Gasteiger partial charge in [-0.2, -0.15) is 0 Å². The van der Waals surface area contributed by atoms with Gasteiger partial charge < -0.3 is 5.32 Å². The molecule has 27 heavy (non-hydrogen) atoms. The fraction of sp³-hybridized carbons (Fsp3) is 0.0833. The molecular formula is C24H21N3. The fourth-order valence-electron chi connectivity index (χ4n) is 3.06. The highest BCUT2D eigenvalue weighted by Crippen LogP contribution is 2.36. The summed E-state index contributed by atoms with van der Waals surface area (Å²) in [6.07, 6.45) is 1.62. The number of anilines is 2. The van der Waals surface area contributed by atoms with Crippen LogP contribution in [0.2, 0.25) is 0 Å². The lowest BCUT2D eigenvalue weighted by atomic mass is 9.99. The van der Waals surface area contributed by atoms with Crippen LogP contribution in [0.1, 0.15) is 11.1 Å². The molecule has 4 rings (SSSR count). The SMILES string of the molecule is Cc1ccc(Nc2ncnc(-c3ccc(C)cc3)c2-c2ccccc2)cc1. The molecule has 132 valence electrons. The van der Waals surface area contributed by atoms with Crippen molar-refractivity contribution in [1.82, 2.24) is 9.97 Å². The Hall–Kier alpha value is -3.46. The largest absolute Gasteiger partial charge is 0.340 e. The van der Waals surface area contributed by atoms with E-state index in [4.69, 9.17) is 0 Å². The smallest absolute Gasteiger partial charge is 0.142 e. The third-order valence-electron chi connectivity index (χ3n) is 4.55. The van der Waals surface area contributed by atoms with E-state index in [1.165, 1.54) is 11.1 Å². The summed E-state index contributed by atoms with van der Waals surface area (Å²) < 4.78 is 0. The van der Waals surface area contributed by atoms with Crippen LogP contribution in [0.15, 0.2) is 85.2 Å². The first-order valence-corrected chi connectivity index (χ1v) is 9.02. The van der Waals surface area contributed by atoms with Crippen molar-refractivity contribution >= 4 is 11.5 Å². The van der Waals surface area contributed by atoms with E-state index in [1.54, 1.807) is 6.33 Å². The van der Waals surface area contributed by atoms with E-state index in [0.717, 1.165) is 33.9 Å². The van der Waals surface area contributed by atoms with Crippen LogP contribution in [-0.2, 0) is 0 Å². The zero-order valence-corrected chi connectivity index (χ0v) is 15.5. The Morgan fingerprint density at radius 2 is 1.26 bits per heavy atom. The lowest BCUT2D eigenvalue weighted by Crippen LogP contribution is -2.00. The molecule has 0 aliphatic rings. The average molecular weight is 351 g/mol. The molecule has 0 spiro atoms. The van der Waals surface area contributed by atoms with Gasteiger partial charge in [0, 0.05) is 11.3 Å². The van der Waals surface area contributed by atoms with E-state index in [2.05, 4.69) is 89.8 Å². The molecule has 0 saturated carbocycles. The predicted octanol–water partition coefficient (Wildman–Crippen LogP) is 6.17. The van der Waals surface area contributed by atoms with E-state index in [0.29, 0.717) is 0 Å². The summed E-state index contributed by atoms with van der Waals surface area (Å²) >= 11 is 0. The number of aromatic nitrogens is 2. The minimum atomic E-state index is 0.802. The topological polar surface area (TPSA) is 37.8 Å². The molecule has 0 aliphatic carbocycles. The Morgan fingerprint density at radius 3 is 1.93 bits per heavy atom. The lowest BCUT2D eigenvalue weighted by molar-refractivity contribution is 1.17. The number of aryl methyl sites for hydroxylation is 2. The molecular weight excluding hydrogens is 330 g/mol. The van der Waals surface area contributed by atoms with Crippen LogP contribution in [0.4, 0.5) is 11.5 Å². The standard InChI is InChI=1S/C24H21N3/c1-17-8-12-20(13-9-17)23-22(19-6-4-3-5-7-19)24(26-16-25-23)27-21-14-10-18(2)11-15-21/h3-16H,1-2H3,(H,25,26,27). The van der Waals surface area contributed by atoms with Crippen molar-refractivity contribution in [2.24, 2.45) is 0 Å². The van der Waals surface area contributed by atoms with Gasteiger partial charge in [-0.1, -0.05) is 77.9 Å². The van der Waals surface area contributed by atoms with Gasteiger partial charge in [0.15, 0.2) is 0 Å². The van der Waals surface area contributed by atoms with E-state index in [1.807, 2.05) is 18.2 Å². The highest BCUT2D eigenvalue weighted by atomic mass is 15.0. The van der Waals surface area contributed by atoms with E-state index in [9.17, 15) is 0 Å². The number of nitrogens with zero attached hydrogens (tertiary/aromatic N) is 2. The van der Waals surface area contributed by atoms with Gasteiger partial charge in [0.05, 0.1) is 11.3 Å². The van der Waals surface area contributed by atoms with Crippen molar-refractivity contribution in [1.29, 1.82) is 0 Å².